The Balaban J connectivity index is 2.37. The van der Waals surface area contributed by atoms with Crippen molar-refractivity contribution in [3.63, 3.8) is 0 Å². The molecule has 1 aromatic carbocycles. The maximum absolute atomic E-state index is 6.22. The quantitative estimate of drug-likeness (QED) is 0.877. The minimum absolute atomic E-state index is 0.216. The van der Waals surface area contributed by atoms with Gasteiger partial charge in [-0.15, -0.1) is 0 Å². The molecule has 2 aromatic rings. The van der Waals surface area contributed by atoms with Crippen molar-refractivity contribution in [2.45, 2.75) is 13.0 Å². The Kier molecular flexibility index (Phi) is 3.40. The van der Waals surface area contributed by atoms with Crippen molar-refractivity contribution in [2.24, 2.45) is 5.73 Å². The van der Waals surface area contributed by atoms with Crippen molar-refractivity contribution < 1.29 is 4.74 Å². The van der Waals surface area contributed by atoms with E-state index in [1.165, 1.54) is 0 Å². The smallest absolute Gasteiger partial charge is 0.119 e. The van der Waals surface area contributed by atoms with Crippen LogP contribution in [0.5, 0.6) is 5.75 Å². The molecule has 0 aliphatic rings. The Morgan fingerprint density at radius 2 is 2.06 bits per heavy atom. The fraction of sp³-hybridized carbons (Fsp3) is 0.214. The van der Waals surface area contributed by atoms with Crippen molar-refractivity contribution in [1.29, 1.82) is 0 Å². The van der Waals surface area contributed by atoms with Gasteiger partial charge in [0, 0.05) is 6.20 Å². The van der Waals surface area contributed by atoms with Crippen LogP contribution in [0, 0.1) is 6.92 Å². The van der Waals surface area contributed by atoms with E-state index in [1.807, 2.05) is 43.3 Å². The van der Waals surface area contributed by atoms with Gasteiger partial charge in [0.1, 0.15) is 5.75 Å². The second kappa shape index (κ2) is 4.97. The summed E-state index contributed by atoms with van der Waals surface area (Å²) < 4.78 is 5.20. The highest BCUT2D eigenvalue weighted by molar-refractivity contribution is 5.36. The maximum atomic E-state index is 6.22. The van der Waals surface area contributed by atoms with Gasteiger partial charge in [-0.3, -0.25) is 4.98 Å². The maximum Gasteiger partial charge on any atom is 0.119 e. The second-order valence-electron chi connectivity index (χ2n) is 3.96. The standard InChI is InChI=1S/C14H16N2O/c1-10-5-4-8-16-14(10)13(15)11-6-3-7-12(9-11)17-2/h3-9,13H,15H2,1-2H3. The molecule has 0 aliphatic heterocycles. The number of hydrogen-bond acceptors (Lipinski definition) is 3. The van der Waals surface area contributed by atoms with Crippen LogP contribution in [0.1, 0.15) is 22.9 Å². The summed E-state index contributed by atoms with van der Waals surface area (Å²) in [5.74, 6) is 0.812. The zero-order chi connectivity index (χ0) is 12.3. The van der Waals surface area contributed by atoms with E-state index < -0.39 is 0 Å². The molecule has 1 atom stereocenters. The van der Waals surface area contributed by atoms with Crippen LogP contribution in [0.2, 0.25) is 0 Å². The molecule has 1 unspecified atom stereocenters. The van der Waals surface area contributed by atoms with Crippen LogP contribution in [0.25, 0.3) is 0 Å². The van der Waals surface area contributed by atoms with Crippen LogP contribution in [0.3, 0.4) is 0 Å². The number of nitrogens with two attached hydrogens (primary N) is 1. The summed E-state index contributed by atoms with van der Waals surface area (Å²) in [6.45, 7) is 2.02. The lowest BCUT2D eigenvalue weighted by Gasteiger charge is -2.14. The molecule has 1 heterocycles. The highest BCUT2D eigenvalue weighted by Crippen LogP contribution is 2.23. The molecule has 1 aromatic heterocycles. The molecule has 0 fully saturated rings. The summed E-state index contributed by atoms with van der Waals surface area (Å²) in [6.07, 6.45) is 1.77. The molecular formula is C14H16N2O. The predicted octanol–water partition coefficient (Wildman–Crippen LogP) is 2.45. The van der Waals surface area contributed by atoms with Gasteiger partial charge >= 0.3 is 0 Å². The van der Waals surface area contributed by atoms with Gasteiger partial charge in [-0.05, 0) is 36.2 Å². The highest BCUT2D eigenvalue weighted by atomic mass is 16.5. The van der Waals surface area contributed by atoms with Gasteiger partial charge in [0.05, 0.1) is 18.8 Å². The van der Waals surface area contributed by atoms with E-state index >= 15 is 0 Å². The fourth-order valence-electron chi connectivity index (χ4n) is 1.82. The molecule has 3 heteroatoms. The first-order chi connectivity index (χ1) is 8.22. The van der Waals surface area contributed by atoms with Gasteiger partial charge in [-0.2, -0.15) is 0 Å². The van der Waals surface area contributed by atoms with E-state index in [4.69, 9.17) is 10.5 Å². The van der Waals surface area contributed by atoms with Gasteiger partial charge in [0.25, 0.3) is 0 Å². The first-order valence-corrected chi connectivity index (χ1v) is 5.53. The number of aromatic nitrogens is 1. The summed E-state index contributed by atoms with van der Waals surface area (Å²) in [4.78, 5) is 4.34. The van der Waals surface area contributed by atoms with Crippen molar-refractivity contribution >= 4 is 0 Å². The number of hydrogen-bond donors (Lipinski definition) is 1. The van der Waals surface area contributed by atoms with E-state index in [-0.39, 0.29) is 6.04 Å². The van der Waals surface area contributed by atoms with E-state index in [2.05, 4.69) is 4.98 Å². The average molecular weight is 228 g/mol. The normalized spacial score (nSPS) is 12.2. The Labute approximate surface area is 101 Å². The number of benzene rings is 1. The zero-order valence-corrected chi connectivity index (χ0v) is 10.1. The topological polar surface area (TPSA) is 48.1 Å². The number of methoxy groups -OCH3 is 1. The first-order valence-electron chi connectivity index (χ1n) is 5.53. The van der Waals surface area contributed by atoms with E-state index in [1.54, 1.807) is 13.3 Å². The lowest BCUT2D eigenvalue weighted by Crippen LogP contribution is -2.14. The molecular weight excluding hydrogens is 212 g/mol. The highest BCUT2D eigenvalue weighted by Gasteiger charge is 2.12. The zero-order valence-electron chi connectivity index (χ0n) is 10.1. The summed E-state index contributed by atoms with van der Waals surface area (Å²) >= 11 is 0. The number of pyridine rings is 1. The van der Waals surface area contributed by atoms with Crippen LogP contribution in [-0.2, 0) is 0 Å². The number of rotatable bonds is 3. The third kappa shape index (κ3) is 2.45. The Morgan fingerprint density at radius 1 is 1.24 bits per heavy atom. The Hall–Kier alpha value is -1.87. The molecule has 0 bridgehead atoms. The summed E-state index contributed by atoms with van der Waals surface area (Å²) in [5.41, 5.74) is 9.23. The molecule has 0 amide bonds. The number of aryl methyl sites for hydroxylation is 1. The first kappa shape index (κ1) is 11.6. The van der Waals surface area contributed by atoms with Crippen LogP contribution < -0.4 is 10.5 Å². The van der Waals surface area contributed by atoms with Gasteiger partial charge in [0.15, 0.2) is 0 Å². The molecule has 0 saturated heterocycles. The predicted molar refractivity (Wildman–Crippen MR) is 68.0 cm³/mol. The Morgan fingerprint density at radius 3 is 2.76 bits per heavy atom. The van der Waals surface area contributed by atoms with E-state index in [9.17, 15) is 0 Å². The number of ether oxygens (including phenoxy) is 1. The molecule has 0 radical (unpaired) electrons. The van der Waals surface area contributed by atoms with Crippen molar-refractivity contribution in [2.75, 3.05) is 7.11 Å². The van der Waals surface area contributed by atoms with Crippen LogP contribution in [-0.4, -0.2) is 12.1 Å². The van der Waals surface area contributed by atoms with Crippen molar-refractivity contribution in [3.05, 3.63) is 59.4 Å². The van der Waals surface area contributed by atoms with Crippen molar-refractivity contribution in [1.82, 2.24) is 4.98 Å². The summed E-state index contributed by atoms with van der Waals surface area (Å²) in [5, 5.41) is 0. The van der Waals surface area contributed by atoms with Crippen LogP contribution in [0.4, 0.5) is 0 Å². The van der Waals surface area contributed by atoms with Crippen molar-refractivity contribution in [3.8, 4) is 5.75 Å². The van der Waals surface area contributed by atoms with Gasteiger partial charge < -0.3 is 10.5 Å². The molecule has 17 heavy (non-hydrogen) atoms. The molecule has 88 valence electrons. The summed E-state index contributed by atoms with van der Waals surface area (Å²) in [6, 6.07) is 11.5. The molecule has 0 spiro atoms. The van der Waals surface area contributed by atoms with Crippen LogP contribution in [0.15, 0.2) is 42.6 Å². The minimum atomic E-state index is -0.216. The largest absolute Gasteiger partial charge is 0.497 e. The summed E-state index contributed by atoms with van der Waals surface area (Å²) in [7, 11) is 1.65. The van der Waals surface area contributed by atoms with Gasteiger partial charge in [0.2, 0.25) is 0 Å². The van der Waals surface area contributed by atoms with Gasteiger partial charge in [-0.1, -0.05) is 18.2 Å². The fourth-order valence-corrected chi connectivity index (χ4v) is 1.82. The lowest BCUT2D eigenvalue weighted by molar-refractivity contribution is 0.414. The number of nitrogens with zero attached hydrogens (tertiary/aromatic N) is 1. The van der Waals surface area contributed by atoms with Gasteiger partial charge in [-0.25, -0.2) is 0 Å². The Bertz CT molecular complexity index is 511. The molecule has 0 saturated carbocycles. The molecule has 0 aliphatic carbocycles. The van der Waals surface area contributed by atoms with Crippen LogP contribution >= 0.6 is 0 Å². The lowest BCUT2D eigenvalue weighted by atomic mass is 10.0. The molecule has 2 rings (SSSR count). The second-order valence-corrected chi connectivity index (χ2v) is 3.96. The SMILES string of the molecule is COc1cccc(C(N)c2ncccc2C)c1. The molecule has 3 nitrogen and oxygen atoms in total. The monoisotopic (exact) mass is 228 g/mol. The average Bonchev–Trinajstić information content (AvgIpc) is 2.38. The third-order valence-electron chi connectivity index (χ3n) is 2.80. The minimum Gasteiger partial charge on any atom is -0.497 e. The molecule has 2 N–H and O–H groups in total. The van der Waals surface area contributed by atoms with E-state index in [0.29, 0.717) is 0 Å². The van der Waals surface area contributed by atoms with E-state index in [0.717, 1.165) is 22.6 Å². The third-order valence-corrected chi connectivity index (χ3v) is 2.80.